The molecular weight excluding hydrogens is 426 g/mol. The average Bonchev–Trinajstić information content (AvgIpc) is 3.29. The molecule has 0 bridgehead atoms. The summed E-state index contributed by atoms with van der Waals surface area (Å²) in [6.45, 7) is 8.06. The van der Waals surface area contributed by atoms with Gasteiger partial charge in [0.15, 0.2) is 23.0 Å². The molecule has 0 amide bonds. The Morgan fingerprint density at radius 2 is 1.76 bits per heavy atom. The summed E-state index contributed by atoms with van der Waals surface area (Å²) in [4.78, 5) is 0. The number of ether oxygens (including phenoxy) is 4. The first-order valence-electron chi connectivity index (χ1n) is 11.7. The van der Waals surface area contributed by atoms with Gasteiger partial charge in [-0.05, 0) is 65.8 Å². The molecule has 0 fully saturated rings. The van der Waals surface area contributed by atoms with E-state index in [-0.39, 0.29) is 12.8 Å². The molecule has 2 heterocycles. The fourth-order valence-electron chi connectivity index (χ4n) is 4.81. The van der Waals surface area contributed by atoms with Gasteiger partial charge in [0.05, 0.1) is 13.2 Å². The molecule has 0 radical (unpaired) electrons. The number of nitrogens with one attached hydrogen (secondary N) is 1. The standard InChI is InChI=1S/C29H31NO4/c1-18-13-25-26(34-17-33-25)14-22(18)10-11-24-23-12-19(2)28(32-16-21-8-6-5-7-9-21)29(31-4)27(23)20(3)15-30-24/h5-14,20,24,30H,15-17H2,1-4H3/b11-10+. The molecule has 3 aromatic carbocycles. The van der Waals surface area contributed by atoms with Gasteiger partial charge in [0, 0.05) is 12.1 Å². The van der Waals surface area contributed by atoms with Crippen LogP contribution in [0.15, 0.2) is 54.6 Å². The van der Waals surface area contributed by atoms with Crippen molar-refractivity contribution >= 4 is 6.08 Å². The summed E-state index contributed by atoms with van der Waals surface area (Å²) in [5.41, 5.74) is 6.93. The van der Waals surface area contributed by atoms with Crippen LogP contribution in [0.3, 0.4) is 0 Å². The first kappa shape index (κ1) is 22.4. The number of aryl methyl sites for hydroxylation is 2. The van der Waals surface area contributed by atoms with Crippen LogP contribution in [0.2, 0.25) is 0 Å². The van der Waals surface area contributed by atoms with Gasteiger partial charge in [-0.2, -0.15) is 0 Å². The Labute approximate surface area is 201 Å². The highest BCUT2D eigenvalue weighted by Crippen LogP contribution is 2.45. The second-order valence-electron chi connectivity index (χ2n) is 9.04. The van der Waals surface area contributed by atoms with Crippen molar-refractivity contribution in [2.75, 3.05) is 20.4 Å². The topological polar surface area (TPSA) is 49.0 Å². The van der Waals surface area contributed by atoms with Crippen LogP contribution >= 0.6 is 0 Å². The molecular formula is C29H31NO4. The second kappa shape index (κ2) is 9.43. The monoisotopic (exact) mass is 457 g/mol. The second-order valence-corrected chi connectivity index (χ2v) is 9.04. The summed E-state index contributed by atoms with van der Waals surface area (Å²) in [6.07, 6.45) is 4.38. The smallest absolute Gasteiger partial charge is 0.231 e. The van der Waals surface area contributed by atoms with Crippen LogP contribution in [0.4, 0.5) is 0 Å². The van der Waals surface area contributed by atoms with E-state index in [9.17, 15) is 0 Å². The number of methoxy groups -OCH3 is 1. The molecule has 3 aromatic rings. The summed E-state index contributed by atoms with van der Waals surface area (Å²) in [5.74, 6) is 3.59. The minimum atomic E-state index is 0.0757. The minimum absolute atomic E-state index is 0.0757. The van der Waals surface area contributed by atoms with Gasteiger partial charge in [-0.25, -0.2) is 0 Å². The van der Waals surface area contributed by atoms with Crippen LogP contribution in [-0.4, -0.2) is 20.4 Å². The maximum atomic E-state index is 6.29. The van der Waals surface area contributed by atoms with Gasteiger partial charge in [0.25, 0.3) is 0 Å². The molecule has 2 aliphatic heterocycles. The van der Waals surface area contributed by atoms with E-state index in [1.165, 1.54) is 11.1 Å². The van der Waals surface area contributed by atoms with Gasteiger partial charge < -0.3 is 24.3 Å². The van der Waals surface area contributed by atoms with E-state index >= 15 is 0 Å². The first-order valence-corrected chi connectivity index (χ1v) is 11.7. The molecule has 5 heteroatoms. The predicted octanol–water partition coefficient (Wildman–Crippen LogP) is 6.08. The van der Waals surface area contributed by atoms with E-state index in [0.717, 1.165) is 51.8 Å². The van der Waals surface area contributed by atoms with Gasteiger partial charge in [0.1, 0.15) is 6.61 Å². The molecule has 0 saturated carbocycles. The maximum absolute atomic E-state index is 6.29. The van der Waals surface area contributed by atoms with Crippen molar-refractivity contribution in [1.29, 1.82) is 0 Å². The molecule has 5 rings (SSSR count). The number of fused-ring (bicyclic) bond motifs is 2. The largest absolute Gasteiger partial charge is 0.493 e. The fourth-order valence-corrected chi connectivity index (χ4v) is 4.81. The molecule has 2 unspecified atom stereocenters. The molecule has 2 aliphatic rings. The normalized spacial score (nSPS) is 18.7. The molecule has 2 atom stereocenters. The maximum Gasteiger partial charge on any atom is 0.231 e. The lowest BCUT2D eigenvalue weighted by atomic mass is 9.85. The molecule has 0 aromatic heterocycles. The van der Waals surface area contributed by atoms with Crippen LogP contribution in [0.5, 0.6) is 23.0 Å². The summed E-state index contributed by atoms with van der Waals surface area (Å²) in [5, 5.41) is 3.68. The Balaban J connectivity index is 1.47. The Hall–Kier alpha value is -3.44. The zero-order chi connectivity index (χ0) is 23.7. The third kappa shape index (κ3) is 4.24. The van der Waals surface area contributed by atoms with Gasteiger partial charge in [0.2, 0.25) is 6.79 Å². The van der Waals surface area contributed by atoms with Crippen molar-refractivity contribution in [1.82, 2.24) is 5.32 Å². The SMILES string of the molecule is COc1c(OCc2ccccc2)c(C)cc2c1C(C)CNC2/C=C/c1cc2c(cc1C)OCO2. The van der Waals surface area contributed by atoms with Crippen molar-refractivity contribution in [3.05, 3.63) is 88.0 Å². The molecule has 0 aliphatic carbocycles. The summed E-state index contributed by atoms with van der Waals surface area (Å²) in [7, 11) is 1.74. The average molecular weight is 458 g/mol. The highest BCUT2D eigenvalue weighted by atomic mass is 16.7. The molecule has 1 N–H and O–H groups in total. The zero-order valence-corrected chi connectivity index (χ0v) is 20.2. The van der Waals surface area contributed by atoms with Crippen molar-refractivity contribution < 1.29 is 18.9 Å². The number of hydrogen-bond donors (Lipinski definition) is 1. The van der Waals surface area contributed by atoms with Crippen LogP contribution in [0, 0.1) is 13.8 Å². The lowest BCUT2D eigenvalue weighted by molar-refractivity contribution is 0.174. The lowest BCUT2D eigenvalue weighted by Crippen LogP contribution is -2.31. The quantitative estimate of drug-likeness (QED) is 0.486. The highest BCUT2D eigenvalue weighted by molar-refractivity contribution is 5.63. The minimum Gasteiger partial charge on any atom is -0.493 e. The van der Waals surface area contributed by atoms with Gasteiger partial charge >= 0.3 is 0 Å². The Kier molecular flexibility index (Phi) is 6.20. The van der Waals surface area contributed by atoms with Crippen LogP contribution in [0.25, 0.3) is 6.08 Å². The zero-order valence-electron chi connectivity index (χ0n) is 20.2. The van der Waals surface area contributed by atoms with E-state index in [4.69, 9.17) is 18.9 Å². The van der Waals surface area contributed by atoms with Crippen molar-refractivity contribution in [2.45, 2.75) is 39.3 Å². The number of benzene rings is 3. The van der Waals surface area contributed by atoms with E-state index in [1.807, 2.05) is 30.3 Å². The predicted molar refractivity (Wildman–Crippen MR) is 134 cm³/mol. The number of rotatable bonds is 6. The summed E-state index contributed by atoms with van der Waals surface area (Å²) in [6, 6.07) is 16.6. The first-order chi connectivity index (χ1) is 16.5. The summed E-state index contributed by atoms with van der Waals surface area (Å²) < 4.78 is 23.3. The number of hydrogen-bond acceptors (Lipinski definition) is 5. The van der Waals surface area contributed by atoms with Crippen LogP contribution in [-0.2, 0) is 6.61 Å². The van der Waals surface area contributed by atoms with E-state index in [2.05, 4.69) is 56.4 Å². The van der Waals surface area contributed by atoms with Crippen LogP contribution in [0.1, 0.15) is 52.3 Å². The van der Waals surface area contributed by atoms with Crippen molar-refractivity contribution in [3.8, 4) is 23.0 Å². The fraction of sp³-hybridized carbons (Fsp3) is 0.310. The molecule has 34 heavy (non-hydrogen) atoms. The third-order valence-corrected chi connectivity index (χ3v) is 6.62. The van der Waals surface area contributed by atoms with Crippen molar-refractivity contribution in [3.63, 3.8) is 0 Å². The Bertz CT molecular complexity index is 1220. The van der Waals surface area contributed by atoms with Gasteiger partial charge in [-0.15, -0.1) is 0 Å². The van der Waals surface area contributed by atoms with E-state index in [1.54, 1.807) is 7.11 Å². The van der Waals surface area contributed by atoms with Crippen molar-refractivity contribution in [2.24, 2.45) is 0 Å². The molecule has 5 nitrogen and oxygen atoms in total. The lowest BCUT2D eigenvalue weighted by Gasteiger charge is -2.32. The Morgan fingerprint density at radius 1 is 1.00 bits per heavy atom. The molecule has 0 spiro atoms. The Morgan fingerprint density at radius 3 is 2.53 bits per heavy atom. The summed E-state index contributed by atoms with van der Waals surface area (Å²) >= 11 is 0. The van der Waals surface area contributed by atoms with Gasteiger partial charge in [-0.1, -0.05) is 49.4 Å². The van der Waals surface area contributed by atoms with E-state index < -0.39 is 0 Å². The van der Waals surface area contributed by atoms with Gasteiger partial charge in [-0.3, -0.25) is 0 Å². The van der Waals surface area contributed by atoms with E-state index in [0.29, 0.717) is 12.5 Å². The molecule has 176 valence electrons. The molecule has 0 saturated heterocycles. The highest BCUT2D eigenvalue weighted by Gasteiger charge is 2.29. The van der Waals surface area contributed by atoms with Crippen LogP contribution < -0.4 is 24.3 Å². The third-order valence-electron chi connectivity index (χ3n) is 6.62.